The van der Waals surface area contributed by atoms with E-state index in [2.05, 4.69) is 10.3 Å². The van der Waals surface area contributed by atoms with Crippen molar-refractivity contribution in [3.63, 3.8) is 0 Å². The van der Waals surface area contributed by atoms with Crippen LogP contribution in [0.25, 0.3) is 0 Å². The number of rotatable bonds is 3. The quantitative estimate of drug-likeness (QED) is 0.857. The first-order valence-corrected chi connectivity index (χ1v) is 5.68. The number of pyridine rings is 1. The first kappa shape index (κ1) is 10.7. The van der Waals surface area contributed by atoms with Crippen LogP contribution in [0.2, 0.25) is 5.02 Å². The SMILES string of the molecule is Clc1cccnc1OC[C@@H]1CCCNC1. The average Bonchev–Trinajstić information content (AvgIpc) is 2.29. The van der Waals surface area contributed by atoms with E-state index in [1.807, 2.05) is 0 Å². The van der Waals surface area contributed by atoms with E-state index in [1.165, 1.54) is 12.8 Å². The van der Waals surface area contributed by atoms with Gasteiger partial charge in [-0.25, -0.2) is 4.98 Å². The van der Waals surface area contributed by atoms with Gasteiger partial charge in [0, 0.05) is 18.7 Å². The van der Waals surface area contributed by atoms with Crippen molar-refractivity contribution in [3.8, 4) is 5.88 Å². The van der Waals surface area contributed by atoms with Crippen LogP contribution in [0.3, 0.4) is 0 Å². The number of hydrogen-bond acceptors (Lipinski definition) is 3. The van der Waals surface area contributed by atoms with Crippen LogP contribution in [-0.2, 0) is 0 Å². The number of nitrogens with zero attached hydrogens (tertiary/aromatic N) is 1. The molecule has 1 atom stereocenters. The van der Waals surface area contributed by atoms with Gasteiger partial charge in [-0.3, -0.25) is 0 Å². The zero-order valence-electron chi connectivity index (χ0n) is 8.58. The Bertz CT molecular complexity index is 313. The zero-order chi connectivity index (χ0) is 10.5. The lowest BCUT2D eigenvalue weighted by Crippen LogP contribution is -2.33. The summed E-state index contributed by atoms with van der Waals surface area (Å²) in [5, 5.41) is 3.94. The van der Waals surface area contributed by atoms with Gasteiger partial charge in [-0.05, 0) is 31.5 Å². The minimum absolute atomic E-state index is 0.546. The lowest BCUT2D eigenvalue weighted by atomic mass is 10.0. The maximum atomic E-state index is 5.94. The van der Waals surface area contributed by atoms with Crippen LogP contribution in [0.4, 0.5) is 0 Å². The lowest BCUT2D eigenvalue weighted by molar-refractivity contribution is 0.212. The third-order valence-corrected chi connectivity index (χ3v) is 2.87. The normalized spacial score (nSPS) is 21.3. The van der Waals surface area contributed by atoms with E-state index in [4.69, 9.17) is 16.3 Å². The average molecular weight is 227 g/mol. The third kappa shape index (κ3) is 3.08. The second-order valence-corrected chi connectivity index (χ2v) is 4.22. The Labute approximate surface area is 94.8 Å². The molecule has 0 bridgehead atoms. The second-order valence-electron chi connectivity index (χ2n) is 3.81. The molecule has 1 aromatic rings. The van der Waals surface area contributed by atoms with Crippen LogP contribution >= 0.6 is 11.6 Å². The molecule has 1 fully saturated rings. The van der Waals surface area contributed by atoms with E-state index >= 15 is 0 Å². The van der Waals surface area contributed by atoms with E-state index < -0.39 is 0 Å². The molecule has 4 heteroatoms. The fourth-order valence-electron chi connectivity index (χ4n) is 1.74. The summed E-state index contributed by atoms with van der Waals surface area (Å²) in [6.07, 6.45) is 4.14. The Balaban J connectivity index is 1.84. The molecule has 0 radical (unpaired) electrons. The third-order valence-electron chi connectivity index (χ3n) is 2.58. The molecule has 1 aliphatic rings. The van der Waals surface area contributed by atoms with Crippen molar-refractivity contribution in [2.75, 3.05) is 19.7 Å². The molecule has 1 saturated heterocycles. The minimum Gasteiger partial charge on any atom is -0.476 e. The predicted molar refractivity (Wildman–Crippen MR) is 60.3 cm³/mol. The summed E-state index contributed by atoms with van der Waals surface area (Å²) in [7, 11) is 0. The van der Waals surface area contributed by atoms with Gasteiger partial charge >= 0.3 is 0 Å². The Morgan fingerprint density at radius 1 is 1.60 bits per heavy atom. The summed E-state index contributed by atoms with van der Waals surface area (Å²) in [5.74, 6) is 1.13. The Hall–Kier alpha value is -0.800. The number of aromatic nitrogens is 1. The lowest BCUT2D eigenvalue weighted by Gasteiger charge is -2.22. The first-order valence-electron chi connectivity index (χ1n) is 5.30. The molecule has 0 unspecified atom stereocenters. The van der Waals surface area contributed by atoms with E-state index in [-0.39, 0.29) is 0 Å². The molecular formula is C11H15ClN2O. The predicted octanol–water partition coefficient (Wildman–Crippen LogP) is 2.11. The number of nitrogens with one attached hydrogen (secondary N) is 1. The largest absolute Gasteiger partial charge is 0.476 e. The molecular weight excluding hydrogens is 212 g/mol. The van der Waals surface area contributed by atoms with E-state index in [0.29, 0.717) is 23.4 Å². The molecule has 0 aliphatic carbocycles. The molecule has 3 nitrogen and oxygen atoms in total. The number of hydrogen-bond donors (Lipinski definition) is 1. The van der Waals surface area contributed by atoms with E-state index in [1.54, 1.807) is 18.3 Å². The van der Waals surface area contributed by atoms with Gasteiger partial charge in [0.15, 0.2) is 0 Å². The van der Waals surface area contributed by atoms with Gasteiger partial charge in [0.05, 0.1) is 6.61 Å². The fraction of sp³-hybridized carbons (Fsp3) is 0.545. The number of ether oxygens (including phenoxy) is 1. The fourth-order valence-corrected chi connectivity index (χ4v) is 1.92. The van der Waals surface area contributed by atoms with Crippen molar-refractivity contribution < 1.29 is 4.74 Å². The smallest absolute Gasteiger partial charge is 0.232 e. The van der Waals surface area contributed by atoms with Crippen molar-refractivity contribution in [3.05, 3.63) is 23.4 Å². The van der Waals surface area contributed by atoms with Gasteiger partial charge < -0.3 is 10.1 Å². The highest BCUT2D eigenvalue weighted by atomic mass is 35.5. The van der Waals surface area contributed by atoms with Crippen LogP contribution in [0.1, 0.15) is 12.8 Å². The molecule has 1 N–H and O–H groups in total. The summed E-state index contributed by atoms with van der Waals surface area (Å²) >= 11 is 5.94. The molecule has 0 spiro atoms. The second kappa shape index (κ2) is 5.33. The van der Waals surface area contributed by atoms with Crippen molar-refractivity contribution in [1.82, 2.24) is 10.3 Å². The van der Waals surface area contributed by atoms with Crippen molar-refractivity contribution in [2.24, 2.45) is 5.92 Å². The summed E-state index contributed by atoms with van der Waals surface area (Å²) in [6, 6.07) is 3.60. The summed E-state index contributed by atoms with van der Waals surface area (Å²) in [4.78, 5) is 4.09. The van der Waals surface area contributed by atoms with E-state index in [0.717, 1.165) is 13.1 Å². The topological polar surface area (TPSA) is 34.1 Å². The van der Waals surface area contributed by atoms with Gasteiger partial charge in [0.2, 0.25) is 5.88 Å². The van der Waals surface area contributed by atoms with Crippen molar-refractivity contribution >= 4 is 11.6 Å². The molecule has 15 heavy (non-hydrogen) atoms. The van der Waals surface area contributed by atoms with Gasteiger partial charge in [-0.2, -0.15) is 0 Å². The number of halogens is 1. The highest BCUT2D eigenvalue weighted by Gasteiger charge is 2.14. The zero-order valence-corrected chi connectivity index (χ0v) is 9.33. The van der Waals surface area contributed by atoms with Gasteiger partial charge in [0.25, 0.3) is 0 Å². The Morgan fingerprint density at radius 2 is 2.53 bits per heavy atom. The summed E-state index contributed by atoms with van der Waals surface area (Å²) in [6.45, 7) is 2.86. The maximum Gasteiger partial charge on any atom is 0.232 e. The molecule has 82 valence electrons. The van der Waals surface area contributed by atoms with Crippen LogP contribution < -0.4 is 10.1 Å². The minimum atomic E-state index is 0.546. The molecule has 0 saturated carbocycles. The van der Waals surface area contributed by atoms with Crippen LogP contribution in [0.15, 0.2) is 18.3 Å². The highest BCUT2D eigenvalue weighted by Crippen LogP contribution is 2.21. The van der Waals surface area contributed by atoms with Crippen LogP contribution in [0, 0.1) is 5.92 Å². The van der Waals surface area contributed by atoms with Crippen molar-refractivity contribution in [1.29, 1.82) is 0 Å². The van der Waals surface area contributed by atoms with E-state index in [9.17, 15) is 0 Å². The molecule has 2 heterocycles. The van der Waals surface area contributed by atoms with Crippen LogP contribution in [0.5, 0.6) is 5.88 Å². The molecule has 0 amide bonds. The van der Waals surface area contributed by atoms with Gasteiger partial charge in [-0.1, -0.05) is 11.6 Å². The standard InChI is InChI=1S/C11H15ClN2O/c12-10-4-2-6-14-11(10)15-8-9-3-1-5-13-7-9/h2,4,6,9,13H,1,3,5,7-8H2/t9-/m1/s1. The monoisotopic (exact) mass is 226 g/mol. The Kier molecular flexibility index (Phi) is 3.80. The van der Waals surface area contributed by atoms with Gasteiger partial charge in [-0.15, -0.1) is 0 Å². The molecule has 2 rings (SSSR count). The van der Waals surface area contributed by atoms with Crippen molar-refractivity contribution in [2.45, 2.75) is 12.8 Å². The maximum absolute atomic E-state index is 5.94. The number of piperidine rings is 1. The molecule has 1 aromatic heterocycles. The summed E-state index contributed by atoms with van der Waals surface area (Å²) < 4.78 is 5.59. The highest BCUT2D eigenvalue weighted by molar-refractivity contribution is 6.31. The van der Waals surface area contributed by atoms with Crippen LogP contribution in [-0.4, -0.2) is 24.7 Å². The molecule has 0 aromatic carbocycles. The van der Waals surface area contributed by atoms with Gasteiger partial charge in [0.1, 0.15) is 5.02 Å². The Morgan fingerprint density at radius 3 is 3.27 bits per heavy atom. The molecule has 1 aliphatic heterocycles. The summed E-state index contributed by atoms with van der Waals surface area (Å²) in [5.41, 5.74) is 0. The first-order chi connectivity index (χ1) is 7.36.